The second-order valence-corrected chi connectivity index (χ2v) is 18.5. The van der Waals surface area contributed by atoms with E-state index in [-0.39, 0.29) is 54.8 Å². The molecule has 2 aromatic carbocycles. The quantitative estimate of drug-likeness (QED) is 0.137. The van der Waals surface area contributed by atoms with Gasteiger partial charge < -0.3 is 25.2 Å². The smallest absolute Gasteiger partial charge is 0.410 e. The summed E-state index contributed by atoms with van der Waals surface area (Å²) in [5.74, 6) is 1.04. The average Bonchev–Trinajstić information content (AvgIpc) is 3.16. The van der Waals surface area contributed by atoms with Crippen LogP contribution in [0.4, 0.5) is 16.4 Å². The molecule has 58 heavy (non-hydrogen) atoms. The molecule has 2 saturated heterocycles. The largest absolute Gasteiger partial charge is 0.507 e. The summed E-state index contributed by atoms with van der Waals surface area (Å²) in [5.41, 5.74) is 5.15. The molecule has 2 unspecified atom stereocenters. The number of hydrogen-bond donors (Lipinski definition) is 7. The van der Waals surface area contributed by atoms with E-state index in [1.807, 2.05) is 39.0 Å². The maximum atomic E-state index is 12.7. The summed E-state index contributed by atoms with van der Waals surface area (Å²) >= 11 is 0. The van der Waals surface area contributed by atoms with Crippen molar-refractivity contribution in [2.24, 2.45) is 0 Å². The van der Waals surface area contributed by atoms with Gasteiger partial charge in [-0.15, -0.1) is 12.4 Å². The number of aromatic nitrogens is 2. The van der Waals surface area contributed by atoms with Crippen molar-refractivity contribution in [1.82, 2.24) is 29.6 Å². The molecule has 2 aromatic heterocycles. The minimum Gasteiger partial charge on any atom is -0.507 e. The van der Waals surface area contributed by atoms with Gasteiger partial charge in [0, 0.05) is 60.9 Å². The minimum atomic E-state index is -3.71. The lowest BCUT2D eigenvalue weighted by Crippen LogP contribution is -2.43. The van der Waals surface area contributed by atoms with E-state index in [4.69, 9.17) is 4.74 Å². The van der Waals surface area contributed by atoms with Gasteiger partial charge in [0.1, 0.15) is 28.7 Å². The van der Waals surface area contributed by atoms with E-state index in [9.17, 15) is 31.8 Å². The highest BCUT2D eigenvalue weighted by molar-refractivity contribution is 7.91. The Morgan fingerprint density at radius 3 is 1.76 bits per heavy atom. The average molecular weight is 857 g/mol. The van der Waals surface area contributed by atoms with Gasteiger partial charge in [-0.3, -0.25) is 9.44 Å². The second-order valence-electron chi connectivity index (χ2n) is 15.5. The number of benzene rings is 2. The number of halogens is 1. The molecule has 16 nitrogen and oxygen atoms in total. The summed E-state index contributed by atoms with van der Waals surface area (Å²) in [6.07, 6.45) is 3.39. The summed E-state index contributed by atoms with van der Waals surface area (Å²) < 4.78 is 63.5. The van der Waals surface area contributed by atoms with Gasteiger partial charge in [0.05, 0.1) is 11.4 Å². The first-order valence-electron chi connectivity index (χ1n) is 18.9. The van der Waals surface area contributed by atoms with Crippen LogP contribution in [0.15, 0.2) is 60.7 Å². The highest BCUT2D eigenvalue weighted by Crippen LogP contribution is 2.39. The number of rotatable bonds is 4. The first kappa shape index (κ1) is 42.9. The molecule has 1 amide bonds. The molecule has 0 aliphatic carbocycles. The van der Waals surface area contributed by atoms with Gasteiger partial charge in [-0.2, -0.15) is 26.3 Å². The van der Waals surface area contributed by atoms with Crippen molar-refractivity contribution in [3.63, 3.8) is 0 Å². The van der Waals surface area contributed by atoms with Crippen LogP contribution in [0.1, 0.15) is 80.5 Å². The van der Waals surface area contributed by atoms with E-state index in [0.717, 1.165) is 61.0 Å². The van der Waals surface area contributed by atoms with Crippen molar-refractivity contribution in [1.29, 1.82) is 0 Å². The fourth-order valence-electron chi connectivity index (χ4n) is 7.61. The third-order valence-electron chi connectivity index (χ3n) is 10.3. The first-order valence-corrected chi connectivity index (χ1v) is 21.9. The second kappa shape index (κ2) is 17.2. The Morgan fingerprint density at radius 1 is 0.776 bits per heavy atom. The van der Waals surface area contributed by atoms with Crippen LogP contribution < -0.4 is 24.2 Å². The predicted octanol–water partition coefficient (Wildman–Crippen LogP) is 5.43. The zero-order chi connectivity index (χ0) is 40.5. The lowest BCUT2D eigenvalue weighted by atomic mass is 9.87. The van der Waals surface area contributed by atoms with Crippen LogP contribution in [-0.2, 0) is 38.2 Å². The van der Waals surface area contributed by atoms with E-state index in [1.54, 1.807) is 47.4 Å². The number of piperidine rings is 2. The topological polar surface area (TPSA) is 224 Å². The summed E-state index contributed by atoms with van der Waals surface area (Å²) in [7, 11) is -7.30. The number of likely N-dealkylation sites (tertiary alicyclic amines) is 1. The number of carbonyl (C=O) groups excluding carboxylic acids is 1. The van der Waals surface area contributed by atoms with Crippen molar-refractivity contribution in [2.75, 3.05) is 35.6 Å². The fraction of sp³-hybridized carbons (Fsp3) is 0.410. The Balaban J connectivity index is 0.000000198. The number of phenols is 2. The number of fused-ring (bicyclic) bond motifs is 2. The zero-order valence-electron chi connectivity index (χ0n) is 32.4. The monoisotopic (exact) mass is 856 g/mol. The number of pyridine rings is 2. The van der Waals surface area contributed by atoms with Crippen LogP contribution in [0, 0.1) is 0 Å². The normalized spacial score (nSPS) is 20.6. The number of carbonyl (C=O) groups is 1. The Kier molecular flexibility index (Phi) is 12.7. The lowest BCUT2D eigenvalue weighted by molar-refractivity contribution is 0.0198. The third kappa shape index (κ3) is 9.93. The molecule has 6 heterocycles. The van der Waals surface area contributed by atoms with Gasteiger partial charge in [-0.05, 0) is 106 Å². The number of hydrogen-bond acceptors (Lipinski definition) is 11. The van der Waals surface area contributed by atoms with Crippen LogP contribution in [-0.4, -0.2) is 79.8 Å². The minimum absolute atomic E-state index is 0. The van der Waals surface area contributed by atoms with Crippen molar-refractivity contribution in [3.05, 3.63) is 82.9 Å². The molecule has 4 aliphatic rings. The SMILES string of the molecule is CC(C)(C)OC(=O)N1CCCC(c2cc(-c3ccccc3O)nc3c2CNS(=O)(=O)N3)C1.Cl.O=S1(=O)NCc2c(C3CCCNC3)cc(-c3ccccc3O)nc2N1. The molecule has 0 bridgehead atoms. The van der Waals surface area contributed by atoms with Gasteiger partial charge in [-0.1, -0.05) is 24.3 Å². The maximum Gasteiger partial charge on any atom is 0.410 e. The number of ether oxygens (including phenoxy) is 1. The molecular weight excluding hydrogens is 808 g/mol. The number of nitrogens with one attached hydrogen (secondary N) is 5. The van der Waals surface area contributed by atoms with Gasteiger partial charge in [0.25, 0.3) is 0 Å². The first-order chi connectivity index (χ1) is 27.1. The Labute approximate surface area is 345 Å². The molecule has 4 aromatic rings. The zero-order valence-corrected chi connectivity index (χ0v) is 34.9. The molecule has 312 valence electrons. The standard InChI is InChI=1S/C22H28N4O5S.C17H20N4O3S.ClH/c1-22(2,3)31-21(28)26-10-6-7-14(13-26)16-11-18(15-8-4-5-9-19(15)27)24-20-17(16)12-23-32(29,30)25-20;22-16-6-2-1-5-12(16)15-8-13(11-4-3-7-18-9-11)14-10-19-25(23,24)21-17(14)20-15;/h4-5,8-9,11,14,23,27H,6-7,10,12-13H2,1-3H3,(H,24,25);1-2,5-6,8,11,18-19,22H,3-4,7,9-10H2,(H,20,21);1H. The van der Waals surface area contributed by atoms with Crippen LogP contribution in [0.2, 0.25) is 0 Å². The van der Waals surface area contributed by atoms with Gasteiger partial charge >= 0.3 is 26.5 Å². The molecule has 0 radical (unpaired) electrons. The predicted molar refractivity (Wildman–Crippen MR) is 223 cm³/mol. The van der Waals surface area contributed by atoms with Crippen molar-refractivity contribution in [2.45, 2.75) is 77.0 Å². The third-order valence-corrected chi connectivity index (χ3v) is 12.2. The Morgan fingerprint density at radius 2 is 1.28 bits per heavy atom. The highest BCUT2D eigenvalue weighted by Gasteiger charge is 2.33. The fourth-order valence-corrected chi connectivity index (χ4v) is 9.27. The van der Waals surface area contributed by atoms with Gasteiger partial charge in [0.2, 0.25) is 0 Å². The number of nitrogens with zero attached hydrogens (tertiary/aromatic N) is 3. The number of para-hydroxylation sites is 2. The number of anilines is 2. The van der Waals surface area contributed by atoms with Gasteiger partial charge in [-0.25, -0.2) is 14.8 Å². The Hall–Kier alpha value is -4.72. The molecule has 7 N–H and O–H groups in total. The highest BCUT2D eigenvalue weighted by atomic mass is 35.5. The van der Waals surface area contributed by atoms with Crippen LogP contribution in [0.3, 0.4) is 0 Å². The van der Waals surface area contributed by atoms with E-state index in [0.29, 0.717) is 47.3 Å². The summed E-state index contributed by atoms with van der Waals surface area (Å²) in [4.78, 5) is 23.3. The summed E-state index contributed by atoms with van der Waals surface area (Å²) in [5, 5.41) is 23.9. The van der Waals surface area contributed by atoms with E-state index >= 15 is 0 Å². The summed E-state index contributed by atoms with van der Waals surface area (Å²) in [6.45, 7) is 8.76. The molecule has 2 fully saturated rings. The molecule has 2 atom stereocenters. The Bertz CT molecular complexity index is 2390. The number of aromatic hydroxyl groups is 2. The van der Waals surface area contributed by atoms with Crippen LogP contribution in [0.25, 0.3) is 22.5 Å². The van der Waals surface area contributed by atoms with Gasteiger partial charge in [0.15, 0.2) is 0 Å². The molecule has 8 rings (SSSR count). The molecular formula is C39H49ClN8O8S2. The molecule has 4 aliphatic heterocycles. The molecule has 0 spiro atoms. The molecule has 0 saturated carbocycles. The van der Waals surface area contributed by atoms with E-state index in [2.05, 4.69) is 34.2 Å². The van der Waals surface area contributed by atoms with Crippen molar-refractivity contribution in [3.8, 4) is 34.0 Å². The lowest BCUT2D eigenvalue weighted by Gasteiger charge is -2.35. The van der Waals surface area contributed by atoms with Crippen LogP contribution in [0.5, 0.6) is 11.5 Å². The van der Waals surface area contributed by atoms with Crippen molar-refractivity contribution >= 4 is 50.6 Å². The van der Waals surface area contributed by atoms with Crippen molar-refractivity contribution < 1.29 is 36.6 Å². The number of amides is 1. The van der Waals surface area contributed by atoms with E-state index < -0.39 is 26.0 Å². The molecule has 19 heteroatoms. The maximum absolute atomic E-state index is 12.7. The number of phenolic OH excluding ortho intramolecular Hbond substituents is 2. The van der Waals surface area contributed by atoms with Crippen LogP contribution >= 0.6 is 12.4 Å². The van der Waals surface area contributed by atoms with E-state index in [1.165, 1.54) is 0 Å². The summed E-state index contributed by atoms with van der Waals surface area (Å²) in [6, 6.07) is 17.6.